The lowest BCUT2D eigenvalue weighted by molar-refractivity contribution is 0.0925. The molecule has 6 nitrogen and oxygen atoms in total. The van der Waals surface area contributed by atoms with Gasteiger partial charge in [0.25, 0.3) is 0 Å². The van der Waals surface area contributed by atoms with Gasteiger partial charge in [-0.05, 0) is 62.6 Å². The first-order valence-corrected chi connectivity index (χ1v) is 9.82. The number of likely N-dealkylation sites (tertiary alicyclic amines) is 1. The van der Waals surface area contributed by atoms with Crippen LogP contribution in [0.1, 0.15) is 31.4 Å². The van der Waals surface area contributed by atoms with Gasteiger partial charge in [-0.25, -0.2) is 4.98 Å². The molecular formula is C21H25N5O. The number of piperidine rings is 1. The second-order valence-corrected chi connectivity index (χ2v) is 7.66. The molecule has 0 atom stereocenters. The van der Waals surface area contributed by atoms with E-state index in [1.54, 1.807) is 6.20 Å². The first-order chi connectivity index (χ1) is 13.3. The molecule has 2 saturated heterocycles. The Hall–Kier alpha value is -2.60. The van der Waals surface area contributed by atoms with Gasteiger partial charge in [0.15, 0.2) is 5.76 Å². The van der Waals surface area contributed by atoms with Crippen molar-refractivity contribution < 1.29 is 4.42 Å². The number of anilines is 1. The van der Waals surface area contributed by atoms with E-state index in [1.165, 1.54) is 25.7 Å². The van der Waals surface area contributed by atoms with Crippen molar-refractivity contribution in [1.82, 2.24) is 20.1 Å². The molecular weight excluding hydrogens is 338 g/mol. The summed E-state index contributed by atoms with van der Waals surface area (Å²) in [6.07, 6.45) is 8.59. The summed E-state index contributed by atoms with van der Waals surface area (Å²) in [6, 6.07) is 12.2. The average molecular weight is 363 g/mol. The highest BCUT2D eigenvalue weighted by Gasteiger charge is 2.43. The maximum Gasteiger partial charge on any atom is 0.152 e. The van der Waals surface area contributed by atoms with Gasteiger partial charge in [-0.1, -0.05) is 6.07 Å². The Balaban J connectivity index is 1.27. The molecule has 2 aliphatic rings. The van der Waals surface area contributed by atoms with Crippen LogP contribution >= 0.6 is 0 Å². The molecule has 2 fully saturated rings. The Kier molecular flexibility index (Phi) is 4.20. The molecule has 1 N–H and O–H groups in total. The monoisotopic (exact) mass is 363 g/mol. The van der Waals surface area contributed by atoms with E-state index >= 15 is 0 Å². The number of nitrogens with one attached hydrogen (secondary N) is 1. The Labute approximate surface area is 159 Å². The molecule has 2 aliphatic heterocycles. The molecule has 140 valence electrons. The summed E-state index contributed by atoms with van der Waals surface area (Å²) in [6.45, 7) is 4.19. The standard InChI is InChI=1S/C21H25N5O/c1-2-11-22-20(4-1)25-14-9-21(10-15-25)8-3-13-26(21)16-17-5-6-19(27-17)18-7-12-23-24-18/h1-2,4-7,11-12H,3,8-10,13-16H2,(H,23,24). The van der Waals surface area contributed by atoms with Crippen molar-refractivity contribution in [3.8, 4) is 11.5 Å². The molecule has 0 saturated carbocycles. The van der Waals surface area contributed by atoms with Crippen LogP contribution in [0.25, 0.3) is 11.5 Å². The van der Waals surface area contributed by atoms with Gasteiger partial charge in [-0.2, -0.15) is 5.10 Å². The summed E-state index contributed by atoms with van der Waals surface area (Å²) in [7, 11) is 0. The van der Waals surface area contributed by atoms with Gasteiger partial charge in [0.2, 0.25) is 0 Å². The van der Waals surface area contributed by atoms with Gasteiger partial charge in [-0.3, -0.25) is 10.00 Å². The molecule has 1 spiro atoms. The van der Waals surface area contributed by atoms with Crippen molar-refractivity contribution in [2.24, 2.45) is 0 Å². The van der Waals surface area contributed by atoms with Crippen LogP contribution in [0.5, 0.6) is 0 Å². The Morgan fingerprint density at radius 3 is 2.70 bits per heavy atom. The van der Waals surface area contributed by atoms with Gasteiger partial charge >= 0.3 is 0 Å². The Morgan fingerprint density at radius 2 is 1.93 bits per heavy atom. The van der Waals surface area contributed by atoms with Gasteiger partial charge in [0.05, 0.1) is 6.54 Å². The highest BCUT2D eigenvalue weighted by Crippen LogP contribution is 2.40. The fourth-order valence-corrected chi connectivity index (χ4v) is 4.69. The van der Waals surface area contributed by atoms with Crippen LogP contribution in [0.15, 0.2) is 53.2 Å². The summed E-state index contributed by atoms with van der Waals surface area (Å²) in [4.78, 5) is 9.59. The van der Waals surface area contributed by atoms with Crippen LogP contribution in [0, 0.1) is 0 Å². The molecule has 0 unspecified atom stereocenters. The number of furan rings is 1. The maximum absolute atomic E-state index is 6.08. The van der Waals surface area contributed by atoms with Crippen LogP contribution < -0.4 is 4.90 Å². The van der Waals surface area contributed by atoms with Crippen LogP contribution in [0.4, 0.5) is 5.82 Å². The van der Waals surface area contributed by atoms with E-state index in [0.29, 0.717) is 5.54 Å². The molecule has 5 heterocycles. The molecule has 6 heteroatoms. The first-order valence-electron chi connectivity index (χ1n) is 9.82. The van der Waals surface area contributed by atoms with Crippen LogP contribution in [0.3, 0.4) is 0 Å². The molecule has 0 amide bonds. The van der Waals surface area contributed by atoms with Crippen LogP contribution in [-0.2, 0) is 6.54 Å². The molecule has 0 bridgehead atoms. The van der Waals surface area contributed by atoms with Crippen molar-refractivity contribution in [3.63, 3.8) is 0 Å². The second-order valence-electron chi connectivity index (χ2n) is 7.66. The van der Waals surface area contributed by atoms with Gasteiger partial charge in [0, 0.05) is 31.0 Å². The number of aromatic nitrogens is 3. The third kappa shape index (κ3) is 3.14. The molecule has 0 aromatic carbocycles. The molecule has 0 aliphatic carbocycles. The normalized spacial score (nSPS) is 19.8. The molecule has 3 aromatic rings. The lowest BCUT2D eigenvalue weighted by atomic mass is 9.85. The smallest absolute Gasteiger partial charge is 0.152 e. The number of rotatable bonds is 4. The molecule has 3 aromatic heterocycles. The lowest BCUT2D eigenvalue weighted by Crippen LogP contribution is -2.52. The van der Waals surface area contributed by atoms with Crippen molar-refractivity contribution in [3.05, 3.63) is 54.6 Å². The number of hydrogen-bond acceptors (Lipinski definition) is 5. The number of pyridine rings is 1. The van der Waals surface area contributed by atoms with Crippen molar-refractivity contribution >= 4 is 5.82 Å². The zero-order valence-electron chi connectivity index (χ0n) is 15.5. The first kappa shape index (κ1) is 16.6. The predicted octanol–water partition coefficient (Wildman–Crippen LogP) is 3.70. The minimum atomic E-state index is 0.312. The fourth-order valence-electron chi connectivity index (χ4n) is 4.69. The minimum Gasteiger partial charge on any atom is -0.458 e. The highest BCUT2D eigenvalue weighted by atomic mass is 16.3. The van der Waals surface area contributed by atoms with Gasteiger partial charge in [0.1, 0.15) is 17.3 Å². The summed E-state index contributed by atoms with van der Waals surface area (Å²) in [5.74, 6) is 3.00. The van der Waals surface area contributed by atoms with E-state index in [4.69, 9.17) is 4.42 Å². The Morgan fingerprint density at radius 1 is 1.00 bits per heavy atom. The largest absolute Gasteiger partial charge is 0.458 e. The average Bonchev–Trinajstić information content (AvgIpc) is 3.46. The van der Waals surface area contributed by atoms with Crippen LogP contribution in [0.2, 0.25) is 0 Å². The van der Waals surface area contributed by atoms with Crippen molar-refractivity contribution in [1.29, 1.82) is 0 Å². The lowest BCUT2D eigenvalue weighted by Gasteiger charge is -2.45. The summed E-state index contributed by atoms with van der Waals surface area (Å²) in [5, 5.41) is 6.98. The summed E-state index contributed by atoms with van der Waals surface area (Å²) >= 11 is 0. The molecule has 27 heavy (non-hydrogen) atoms. The Bertz CT molecular complexity index is 865. The molecule has 5 rings (SSSR count). The van der Waals surface area contributed by atoms with E-state index in [1.807, 2.05) is 24.4 Å². The number of nitrogens with zero attached hydrogens (tertiary/aromatic N) is 4. The van der Waals surface area contributed by atoms with Crippen molar-refractivity contribution in [2.45, 2.75) is 37.8 Å². The minimum absolute atomic E-state index is 0.312. The van der Waals surface area contributed by atoms with Gasteiger partial charge in [-0.15, -0.1) is 0 Å². The quantitative estimate of drug-likeness (QED) is 0.766. The van der Waals surface area contributed by atoms with E-state index in [9.17, 15) is 0 Å². The number of hydrogen-bond donors (Lipinski definition) is 1. The van der Waals surface area contributed by atoms with Crippen LogP contribution in [-0.4, -0.2) is 45.3 Å². The van der Waals surface area contributed by atoms with Crippen molar-refractivity contribution in [2.75, 3.05) is 24.5 Å². The maximum atomic E-state index is 6.08. The number of aromatic amines is 1. The third-order valence-corrected chi connectivity index (χ3v) is 6.18. The fraction of sp³-hybridized carbons (Fsp3) is 0.429. The summed E-state index contributed by atoms with van der Waals surface area (Å²) < 4.78 is 6.08. The zero-order valence-corrected chi connectivity index (χ0v) is 15.5. The molecule has 0 radical (unpaired) electrons. The van der Waals surface area contributed by atoms with E-state index in [0.717, 1.165) is 49.2 Å². The topological polar surface area (TPSA) is 61.2 Å². The van der Waals surface area contributed by atoms with E-state index < -0.39 is 0 Å². The SMILES string of the molecule is c1ccc(N2CCC3(CCCN3Cc3ccc(-c4ccn[nH]4)o3)CC2)nc1. The number of H-pyrrole nitrogens is 1. The van der Waals surface area contributed by atoms with E-state index in [-0.39, 0.29) is 0 Å². The summed E-state index contributed by atoms with van der Waals surface area (Å²) in [5.41, 5.74) is 1.24. The zero-order chi connectivity index (χ0) is 18.1. The second kappa shape index (κ2) is 6.85. The highest BCUT2D eigenvalue weighted by molar-refractivity contribution is 5.51. The van der Waals surface area contributed by atoms with Gasteiger partial charge < -0.3 is 9.32 Å². The third-order valence-electron chi connectivity index (χ3n) is 6.18. The van der Waals surface area contributed by atoms with E-state index in [2.05, 4.69) is 43.2 Å². The predicted molar refractivity (Wildman–Crippen MR) is 104 cm³/mol.